The standard InChI is InChI=1S/C11H22N2O3S/c12-7-11-8-13(5-6-16-11)17(14,15)9-10-3-1-2-4-10/h10-11H,1-9,12H2. The van der Waals surface area contributed by atoms with E-state index in [9.17, 15) is 8.42 Å². The molecule has 1 aliphatic carbocycles. The van der Waals surface area contributed by atoms with E-state index in [4.69, 9.17) is 10.5 Å². The molecule has 100 valence electrons. The average molecular weight is 262 g/mol. The summed E-state index contributed by atoms with van der Waals surface area (Å²) in [4.78, 5) is 0. The highest BCUT2D eigenvalue weighted by atomic mass is 32.2. The molecule has 0 bridgehead atoms. The maximum Gasteiger partial charge on any atom is 0.214 e. The Bertz CT molecular complexity index is 339. The van der Waals surface area contributed by atoms with Crippen molar-refractivity contribution in [3.8, 4) is 0 Å². The van der Waals surface area contributed by atoms with Crippen molar-refractivity contribution in [1.29, 1.82) is 0 Å². The molecule has 0 aromatic carbocycles. The summed E-state index contributed by atoms with van der Waals surface area (Å²) in [5.74, 6) is 0.670. The van der Waals surface area contributed by atoms with Crippen LogP contribution in [0.15, 0.2) is 0 Å². The van der Waals surface area contributed by atoms with E-state index in [1.165, 1.54) is 12.8 Å². The first-order chi connectivity index (χ1) is 8.12. The zero-order valence-electron chi connectivity index (χ0n) is 10.2. The van der Waals surface area contributed by atoms with E-state index in [0.717, 1.165) is 12.8 Å². The number of hydrogen-bond donors (Lipinski definition) is 1. The number of ether oxygens (including phenoxy) is 1. The quantitative estimate of drug-likeness (QED) is 0.783. The van der Waals surface area contributed by atoms with Crippen LogP contribution < -0.4 is 5.73 Å². The van der Waals surface area contributed by atoms with Crippen LogP contribution >= 0.6 is 0 Å². The zero-order valence-corrected chi connectivity index (χ0v) is 11.0. The van der Waals surface area contributed by atoms with Gasteiger partial charge in [-0.3, -0.25) is 0 Å². The van der Waals surface area contributed by atoms with E-state index in [-0.39, 0.29) is 6.10 Å². The maximum atomic E-state index is 12.2. The molecule has 1 saturated heterocycles. The van der Waals surface area contributed by atoms with E-state index in [1.807, 2.05) is 0 Å². The molecule has 2 aliphatic rings. The third kappa shape index (κ3) is 3.40. The second-order valence-electron chi connectivity index (χ2n) is 5.02. The fraction of sp³-hybridized carbons (Fsp3) is 1.00. The summed E-state index contributed by atoms with van der Waals surface area (Å²) in [6.07, 6.45) is 4.33. The summed E-state index contributed by atoms with van der Waals surface area (Å²) in [6, 6.07) is 0. The van der Waals surface area contributed by atoms with Crippen LogP contribution in [0.25, 0.3) is 0 Å². The first-order valence-electron chi connectivity index (χ1n) is 6.41. The Hall–Kier alpha value is -0.170. The molecule has 6 heteroatoms. The van der Waals surface area contributed by atoms with Crippen LogP contribution in [0.1, 0.15) is 25.7 Å². The van der Waals surface area contributed by atoms with E-state index in [0.29, 0.717) is 37.9 Å². The lowest BCUT2D eigenvalue weighted by molar-refractivity contribution is 0.00442. The van der Waals surface area contributed by atoms with Crippen LogP contribution in [0.4, 0.5) is 0 Å². The zero-order chi connectivity index (χ0) is 12.3. The van der Waals surface area contributed by atoms with E-state index in [1.54, 1.807) is 4.31 Å². The van der Waals surface area contributed by atoms with Crippen molar-refractivity contribution in [2.75, 3.05) is 32.0 Å². The van der Waals surface area contributed by atoms with Crippen molar-refractivity contribution < 1.29 is 13.2 Å². The molecule has 5 nitrogen and oxygen atoms in total. The Balaban J connectivity index is 1.94. The van der Waals surface area contributed by atoms with E-state index in [2.05, 4.69) is 0 Å². The van der Waals surface area contributed by atoms with Crippen molar-refractivity contribution in [3.05, 3.63) is 0 Å². The van der Waals surface area contributed by atoms with Crippen LogP contribution in [-0.4, -0.2) is 50.8 Å². The Kier molecular flexibility index (Phi) is 4.41. The van der Waals surface area contributed by atoms with E-state index < -0.39 is 10.0 Å². The van der Waals surface area contributed by atoms with Gasteiger partial charge in [0.05, 0.1) is 18.5 Å². The third-order valence-corrected chi connectivity index (χ3v) is 5.69. The second kappa shape index (κ2) is 5.65. The van der Waals surface area contributed by atoms with Crippen LogP contribution in [-0.2, 0) is 14.8 Å². The summed E-state index contributed by atoms with van der Waals surface area (Å²) in [7, 11) is -3.11. The number of sulfonamides is 1. The Morgan fingerprint density at radius 1 is 1.29 bits per heavy atom. The molecule has 2 N–H and O–H groups in total. The number of rotatable bonds is 4. The van der Waals surface area contributed by atoms with Gasteiger partial charge in [-0.05, 0) is 18.8 Å². The maximum absolute atomic E-state index is 12.2. The molecule has 17 heavy (non-hydrogen) atoms. The number of nitrogens with zero attached hydrogens (tertiary/aromatic N) is 1. The summed E-state index contributed by atoms with van der Waals surface area (Å²) >= 11 is 0. The molecule has 0 aromatic rings. The van der Waals surface area contributed by atoms with Gasteiger partial charge < -0.3 is 10.5 Å². The predicted molar refractivity (Wildman–Crippen MR) is 66.1 cm³/mol. The molecule has 1 aliphatic heterocycles. The Morgan fingerprint density at radius 3 is 2.65 bits per heavy atom. The molecule has 1 saturated carbocycles. The summed E-state index contributed by atoms with van der Waals surface area (Å²) in [6.45, 7) is 1.75. The fourth-order valence-electron chi connectivity index (χ4n) is 2.67. The molecule has 1 atom stereocenters. The minimum Gasteiger partial charge on any atom is -0.374 e. The lowest BCUT2D eigenvalue weighted by Gasteiger charge is -2.32. The minimum atomic E-state index is -3.11. The van der Waals surface area contributed by atoms with Gasteiger partial charge in [-0.1, -0.05) is 12.8 Å². The van der Waals surface area contributed by atoms with Gasteiger partial charge >= 0.3 is 0 Å². The molecule has 2 rings (SSSR count). The molecule has 2 fully saturated rings. The van der Waals surface area contributed by atoms with Crippen molar-refractivity contribution in [2.45, 2.75) is 31.8 Å². The predicted octanol–water partition coefficient (Wildman–Crippen LogP) is 0.166. The molecule has 0 spiro atoms. The summed E-state index contributed by atoms with van der Waals surface area (Å²) in [5.41, 5.74) is 5.53. The Labute approximate surface area is 103 Å². The minimum absolute atomic E-state index is 0.137. The highest BCUT2D eigenvalue weighted by Gasteiger charge is 2.31. The van der Waals surface area contributed by atoms with Gasteiger partial charge in [0.1, 0.15) is 0 Å². The molecule has 0 aromatic heterocycles. The third-order valence-electron chi connectivity index (χ3n) is 3.68. The normalized spacial score (nSPS) is 28.6. The van der Waals surface area contributed by atoms with Crippen molar-refractivity contribution in [3.63, 3.8) is 0 Å². The molecule has 0 radical (unpaired) electrons. The first kappa shape index (κ1) is 13.3. The lowest BCUT2D eigenvalue weighted by atomic mass is 10.1. The number of hydrogen-bond acceptors (Lipinski definition) is 4. The summed E-state index contributed by atoms with van der Waals surface area (Å²) in [5, 5.41) is 0. The molecule has 1 unspecified atom stereocenters. The molecular weight excluding hydrogens is 240 g/mol. The highest BCUT2D eigenvalue weighted by molar-refractivity contribution is 7.89. The van der Waals surface area contributed by atoms with Crippen LogP contribution in [0.3, 0.4) is 0 Å². The SMILES string of the molecule is NCC1CN(S(=O)(=O)CC2CCCC2)CCO1. The highest BCUT2D eigenvalue weighted by Crippen LogP contribution is 2.27. The van der Waals surface area contributed by atoms with Gasteiger partial charge in [-0.15, -0.1) is 0 Å². The molecular formula is C11H22N2O3S. The number of nitrogens with two attached hydrogens (primary N) is 1. The van der Waals surface area contributed by atoms with Gasteiger partial charge in [0.25, 0.3) is 0 Å². The topological polar surface area (TPSA) is 72.6 Å². The van der Waals surface area contributed by atoms with Crippen LogP contribution in [0.2, 0.25) is 0 Å². The van der Waals surface area contributed by atoms with Crippen molar-refractivity contribution in [2.24, 2.45) is 11.7 Å². The van der Waals surface area contributed by atoms with Crippen molar-refractivity contribution >= 4 is 10.0 Å². The van der Waals surface area contributed by atoms with Gasteiger partial charge in [0.2, 0.25) is 10.0 Å². The molecule has 1 heterocycles. The van der Waals surface area contributed by atoms with Crippen molar-refractivity contribution in [1.82, 2.24) is 4.31 Å². The van der Waals surface area contributed by atoms with E-state index >= 15 is 0 Å². The van der Waals surface area contributed by atoms with Gasteiger partial charge in [-0.2, -0.15) is 4.31 Å². The summed E-state index contributed by atoms with van der Waals surface area (Å²) < 4.78 is 31.4. The average Bonchev–Trinajstić information content (AvgIpc) is 2.81. The lowest BCUT2D eigenvalue weighted by Crippen LogP contribution is -2.49. The Morgan fingerprint density at radius 2 is 2.00 bits per heavy atom. The fourth-order valence-corrected chi connectivity index (χ4v) is 4.55. The smallest absolute Gasteiger partial charge is 0.214 e. The van der Waals surface area contributed by atoms with Gasteiger partial charge in [0.15, 0.2) is 0 Å². The molecule has 0 amide bonds. The second-order valence-corrected chi connectivity index (χ2v) is 7.03. The van der Waals surface area contributed by atoms with Crippen LogP contribution in [0.5, 0.6) is 0 Å². The van der Waals surface area contributed by atoms with Gasteiger partial charge in [-0.25, -0.2) is 8.42 Å². The first-order valence-corrected chi connectivity index (χ1v) is 8.02. The van der Waals surface area contributed by atoms with Crippen LogP contribution in [0, 0.1) is 5.92 Å². The largest absolute Gasteiger partial charge is 0.374 e. The van der Waals surface area contributed by atoms with Gasteiger partial charge in [0, 0.05) is 19.6 Å². The number of morpholine rings is 1. The monoisotopic (exact) mass is 262 g/mol.